The molecule has 0 unspecified atom stereocenters. The molecule has 1 amide bonds. The molecule has 0 fully saturated rings. The van der Waals surface area contributed by atoms with Gasteiger partial charge in [0.25, 0.3) is 5.91 Å². The molecule has 0 radical (unpaired) electrons. The second kappa shape index (κ2) is 5.71. The first-order valence-corrected chi connectivity index (χ1v) is 6.21. The van der Waals surface area contributed by atoms with Crippen molar-refractivity contribution in [2.24, 2.45) is 0 Å². The molecule has 0 saturated carbocycles. The molecule has 2 rings (SSSR count). The van der Waals surface area contributed by atoms with Gasteiger partial charge in [-0.05, 0) is 45.8 Å². The summed E-state index contributed by atoms with van der Waals surface area (Å²) in [7, 11) is 0. The van der Waals surface area contributed by atoms with Crippen molar-refractivity contribution in [1.29, 1.82) is 0 Å². The van der Waals surface area contributed by atoms with Gasteiger partial charge in [0.15, 0.2) is 10.4 Å². The molecule has 0 aliphatic carbocycles. The van der Waals surface area contributed by atoms with Gasteiger partial charge in [-0.25, -0.2) is 4.79 Å². The summed E-state index contributed by atoms with van der Waals surface area (Å²) in [6.45, 7) is 0.234. The zero-order valence-electron chi connectivity index (χ0n) is 9.72. The molecule has 5 nitrogen and oxygen atoms in total. The topological polar surface area (TPSA) is 79.5 Å². The molecule has 6 heteroatoms. The number of rotatable bonds is 4. The summed E-state index contributed by atoms with van der Waals surface area (Å²) in [4.78, 5) is 22.5. The summed E-state index contributed by atoms with van der Waals surface area (Å²) in [5, 5.41) is 11.5. The standard InChI is InChI=1S/C13H10BrNO4/c14-11-5-4-10(19-11)12(16)15-7-8-2-1-3-9(6-8)13(17)18/h1-6H,7H2,(H,15,16)(H,17,18). The van der Waals surface area contributed by atoms with Crippen LogP contribution in [0.4, 0.5) is 0 Å². The molecule has 98 valence electrons. The molecule has 0 aliphatic heterocycles. The number of carbonyl (C=O) groups excluding carboxylic acids is 1. The SMILES string of the molecule is O=C(O)c1cccc(CNC(=O)c2ccc(Br)o2)c1. The van der Waals surface area contributed by atoms with Gasteiger partial charge in [-0.2, -0.15) is 0 Å². The highest BCUT2D eigenvalue weighted by Gasteiger charge is 2.10. The van der Waals surface area contributed by atoms with Gasteiger partial charge < -0.3 is 14.8 Å². The number of amides is 1. The molecule has 1 heterocycles. The van der Waals surface area contributed by atoms with E-state index in [1.807, 2.05) is 0 Å². The van der Waals surface area contributed by atoms with Crippen LogP contribution >= 0.6 is 15.9 Å². The van der Waals surface area contributed by atoms with Crippen LogP contribution in [0.1, 0.15) is 26.5 Å². The van der Waals surface area contributed by atoms with E-state index in [9.17, 15) is 9.59 Å². The molecular weight excluding hydrogens is 314 g/mol. The first-order valence-electron chi connectivity index (χ1n) is 5.42. The molecule has 0 spiro atoms. The Bertz CT molecular complexity index is 621. The number of furan rings is 1. The maximum atomic E-state index is 11.7. The minimum absolute atomic E-state index is 0.187. The van der Waals surface area contributed by atoms with Crippen molar-refractivity contribution in [1.82, 2.24) is 5.32 Å². The number of halogens is 1. The van der Waals surface area contributed by atoms with Crippen LogP contribution in [0, 0.1) is 0 Å². The molecular formula is C13H10BrNO4. The van der Waals surface area contributed by atoms with Crippen molar-refractivity contribution < 1.29 is 19.1 Å². The number of nitrogens with one attached hydrogen (secondary N) is 1. The number of aromatic carboxylic acids is 1. The van der Waals surface area contributed by atoms with Crippen LogP contribution in [-0.4, -0.2) is 17.0 Å². The van der Waals surface area contributed by atoms with Crippen LogP contribution in [0.3, 0.4) is 0 Å². The average Bonchev–Trinajstić information content (AvgIpc) is 2.83. The normalized spacial score (nSPS) is 10.2. The lowest BCUT2D eigenvalue weighted by Gasteiger charge is -2.04. The van der Waals surface area contributed by atoms with Crippen LogP contribution in [0.15, 0.2) is 45.5 Å². The number of hydrogen-bond acceptors (Lipinski definition) is 3. The number of carbonyl (C=O) groups is 2. The molecule has 19 heavy (non-hydrogen) atoms. The Morgan fingerprint density at radius 1 is 1.26 bits per heavy atom. The van der Waals surface area contributed by atoms with Crippen LogP contribution in [0.2, 0.25) is 0 Å². The summed E-state index contributed by atoms with van der Waals surface area (Å²) >= 11 is 3.11. The Balaban J connectivity index is 2.01. The minimum Gasteiger partial charge on any atom is -0.478 e. The van der Waals surface area contributed by atoms with Crippen LogP contribution in [0.5, 0.6) is 0 Å². The van der Waals surface area contributed by atoms with E-state index in [4.69, 9.17) is 9.52 Å². The Morgan fingerprint density at radius 3 is 2.68 bits per heavy atom. The molecule has 2 N–H and O–H groups in total. The lowest BCUT2D eigenvalue weighted by molar-refractivity contribution is 0.0696. The summed E-state index contributed by atoms with van der Waals surface area (Å²) in [5.41, 5.74) is 0.895. The highest BCUT2D eigenvalue weighted by molar-refractivity contribution is 9.10. The number of hydrogen-bond donors (Lipinski definition) is 2. The van der Waals surface area contributed by atoms with Gasteiger partial charge >= 0.3 is 5.97 Å². The predicted molar refractivity (Wildman–Crippen MR) is 71.0 cm³/mol. The summed E-state index contributed by atoms with van der Waals surface area (Å²) in [6.07, 6.45) is 0. The zero-order chi connectivity index (χ0) is 13.8. The summed E-state index contributed by atoms with van der Waals surface area (Å²) in [5.74, 6) is -1.16. The Kier molecular flexibility index (Phi) is 4.01. The highest BCUT2D eigenvalue weighted by atomic mass is 79.9. The quantitative estimate of drug-likeness (QED) is 0.906. The lowest BCUT2D eigenvalue weighted by Crippen LogP contribution is -2.22. The number of carboxylic acid groups (broad SMARTS) is 1. The minimum atomic E-state index is -0.997. The van der Waals surface area contributed by atoms with Gasteiger partial charge in [-0.1, -0.05) is 12.1 Å². The van der Waals surface area contributed by atoms with Crippen molar-refractivity contribution in [2.75, 3.05) is 0 Å². The van der Waals surface area contributed by atoms with Crippen LogP contribution < -0.4 is 5.32 Å². The van der Waals surface area contributed by atoms with Gasteiger partial charge in [0.05, 0.1) is 5.56 Å². The Hall–Kier alpha value is -2.08. The van der Waals surface area contributed by atoms with Crippen LogP contribution in [-0.2, 0) is 6.54 Å². The van der Waals surface area contributed by atoms with Crippen molar-refractivity contribution >= 4 is 27.8 Å². The fraction of sp³-hybridized carbons (Fsp3) is 0.0769. The van der Waals surface area contributed by atoms with E-state index in [-0.39, 0.29) is 23.8 Å². The number of carboxylic acids is 1. The van der Waals surface area contributed by atoms with Gasteiger partial charge in [-0.15, -0.1) is 0 Å². The van der Waals surface area contributed by atoms with Crippen molar-refractivity contribution in [2.45, 2.75) is 6.54 Å². The largest absolute Gasteiger partial charge is 0.478 e. The number of benzene rings is 1. The zero-order valence-corrected chi connectivity index (χ0v) is 11.3. The first kappa shape index (κ1) is 13.4. The highest BCUT2D eigenvalue weighted by Crippen LogP contribution is 2.14. The van der Waals surface area contributed by atoms with E-state index >= 15 is 0 Å². The van der Waals surface area contributed by atoms with E-state index < -0.39 is 5.97 Å². The second-order valence-electron chi connectivity index (χ2n) is 3.79. The molecule has 2 aromatic rings. The van der Waals surface area contributed by atoms with E-state index in [0.717, 1.165) is 0 Å². The first-order chi connectivity index (χ1) is 9.06. The monoisotopic (exact) mass is 323 g/mol. The predicted octanol–water partition coefficient (Wildman–Crippen LogP) is 2.67. The average molecular weight is 324 g/mol. The van der Waals surface area contributed by atoms with Crippen molar-refractivity contribution in [3.05, 3.63) is 58.0 Å². The summed E-state index contributed by atoms with van der Waals surface area (Å²) in [6, 6.07) is 9.56. The maximum Gasteiger partial charge on any atom is 0.335 e. The Labute approximate surface area is 117 Å². The maximum absolute atomic E-state index is 11.7. The molecule has 0 saturated heterocycles. The summed E-state index contributed by atoms with van der Waals surface area (Å²) < 4.78 is 5.58. The smallest absolute Gasteiger partial charge is 0.335 e. The van der Waals surface area contributed by atoms with Gasteiger partial charge in [-0.3, -0.25) is 4.79 Å². The Morgan fingerprint density at radius 2 is 2.05 bits per heavy atom. The lowest BCUT2D eigenvalue weighted by atomic mass is 10.1. The fourth-order valence-electron chi connectivity index (χ4n) is 1.52. The third kappa shape index (κ3) is 3.45. The molecule has 0 atom stereocenters. The van der Waals surface area contributed by atoms with Crippen molar-refractivity contribution in [3.8, 4) is 0 Å². The molecule has 1 aromatic heterocycles. The third-order valence-electron chi connectivity index (χ3n) is 2.42. The van der Waals surface area contributed by atoms with E-state index in [1.54, 1.807) is 24.3 Å². The molecule has 0 bridgehead atoms. The third-order valence-corrected chi connectivity index (χ3v) is 2.85. The van der Waals surface area contributed by atoms with Crippen molar-refractivity contribution in [3.63, 3.8) is 0 Å². The van der Waals surface area contributed by atoms with E-state index in [2.05, 4.69) is 21.2 Å². The van der Waals surface area contributed by atoms with Gasteiger partial charge in [0.1, 0.15) is 0 Å². The second-order valence-corrected chi connectivity index (χ2v) is 4.57. The van der Waals surface area contributed by atoms with Gasteiger partial charge in [0.2, 0.25) is 0 Å². The van der Waals surface area contributed by atoms with E-state index in [1.165, 1.54) is 12.1 Å². The van der Waals surface area contributed by atoms with Gasteiger partial charge in [0, 0.05) is 6.54 Å². The fourth-order valence-corrected chi connectivity index (χ4v) is 1.83. The molecule has 1 aromatic carbocycles. The molecule has 0 aliphatic rings. The van der Waals surface area contributed by atoms with Crippen LogP contribution in [0.25, 0.3) is 0 Å². The van der Waals surface area contributed by atoms with E-state index in [0.29, 0.717) is 10.2 Å².